The van der Waals surface area contributed by atoms with Crippen LogP contribution in [0.3, 0.4) is 0 Å². The van der Waals surface area contributed by atoms with E-state index in [4.69, 9.17) is 4.74 Å². The van der Waals surface area contributed by atoms with E-state index in [2.05, 4.69) is 25.9 Å². The number of aromatic nitrogens is 2. The molecule has 0 spiro atoms. The number of rotatable bonds is 4. The lowest BCUT2D eigenvalue weighted by Crippen LogP contribution is -1.99. The fourth-order valence-electron chi connectivity index (χ4n) is 2.04. The molecule has 0 fully saturated rings. The highest BCUT2D eigenvalue weighted by molar-refractivity contribution is 9.10. The maximum atomic E-state index is 11.5. The molecule has 0 saturated carbocycles. The topological polar surface area (TPSA) is 75.2 Å². The molecule has 6 heteroatoms. The molecule has 2 heterocycles. The highest BCUT2D eigenvalue weighted by atomic mass is 79.9. The number of ether oxygens (including phenoxy) is 1. The minimum Gasteiger partial charge on any atom is -0.481 e. The van der Waals surface area contributed by atoms with Crippen LogP contribution < -0.4 is 4.74 Å². The number of carbonyl (C=O) groups is 1. The van der Waals surface area contributed by atoms with Gasteiger partial charge in [-0.05, 0) is 34.0 Å². The van der Waals surface area contributed by atoms with E-state index in [-0.39, 0.29) is 11.5 Å². The smallest absolute Gasteiger partial charge is 0.339 e. The Bertz CT molecular complexity index is 650. The van der Waals surface area contributed by atoms with Crippen molar-refractivity contribution in [3.8, 4) is 17.1 Å². The third-order valence-corrected chi connectivity index (χ3v) is 3.81. The van der Waals surface area contributed by atoms with Crippen LogP contribution >= 0.6 is 15.9 Å². The molecule has 0 aliphatic rings. The van der Waals surface area contributed by atoms with E-state index >= 15 is 0 Å². The van der Waals surface area contributed by atoms with Gasteiger partial charge >= 0.3 is 5.97 Å². The number of halogens is 1. The predicted molar refractivity (Wildman–Crippen MR) is 79.3 cm³/mol. The summed E-state index contributed by atoms with van der Waals surface area (Å²) in [5, 5.41) is 9.46. The van der Waals surface area contributed by atoms with Gasteiger partial charge in [0.25, 0.3) is 0 Å². The molecule has 0 amide bonds. The highest BCUT2D eigenvalue weighted by Gasteiger charge is 2.25. The molecular weight excluding hydrogens is 324 g/mol. The number of carboxylic acid groups (broad SMARTS) is 1. The second-order valence-electron chi connectivity index (χ2n) is 4.62. The number of carboxylic acids is 1. The molecule has 20 heavy (non-hydrogen) atoms. The van der Waals surface area contributed by atoms with E-state index in [1.54, 1.807) is 18.3 Å². The molecule has 0 atom stereocenters. The zero-order valence-corrected chi connectivity index (χ0v) is 13.0. The maximum absolute atomic E-state index is 11.5. The van der Waals surface area contributed by atoms with Crippen molar-refractivity contribution in [2.24, 2.45) is 0 Å². The summed E-state index contributed by atoms with van der Waals surface area (Å²) in [6, 6.07) is 3.52. The van der Waals surface area contributed by atoms with Gasteiger partial charge in [0.05, 0.1) is 28.4 Å². The Kier molecular flexibility index (Phi) is 4.13. The van der Waals surface area contributed by atoms with E-state index in [0.717, 1.165) is 5.69 Å². The monoisotopic (exact) mass is 338 g/mol. The molecule has 2 N–H and O–H groups in total. The Morgan fingerprint density at radius 1 is 1.50 bits per heavy atom. The second-order valence-corrected chi connectivity index (χ2v) is 5.42. The highest BCUT2D eigenvalue weighted by Crippen LogP contribution is 2.38. The van der Waals surface area contributed by atoms with Crippen molar-refractivity contribution in [3.05, 3.63) is 34.1 Å². The molecule has 0 bridgehead atoms. The summed E-state index contributed by atoms with van der Waals surface area (Å²) >= 11 is 3.37. The van der Waals surface area contributed by atoms with E-state index in [1.807, 2.05) is 13.8 Å². The maximum Gasteiger partial charge on any atom is 0.339 e. The summed E-state index contributed by atoms with van der Waals surface area (Å²) < 4.78 is 5.78. The van der Waals surface area contributed by atoms with Crippen LogP contribution in [0.25, 0.3) is 11.3 Å². The molecule has 0 aliphatic carbocycles. The van der Waals surface area contributed by atoms with Crippen LogP contribution in [0.4, 0.5) is 0 Å². The average Bonchev–Trinajstić information content (AvgIpc) is 2.76. The number of aromatic amines is 1. The lowest BCUT2D eigenvalue weighted by molar-refractivity contribution is 0.0697. The average molecular weight is 339 g/mol. The number of methoxy groups -OCH3 is 1. The SMILES string of the molecule is COc1ncccc1-c1[nH]c(C(C)C)c(Br)c1C(=O)O. The first-order valence-corrected chi connectivity index (χ1v) is 6.90. The standard InChI is InChI=1S/C14H15BrN2O3/c1-7(2)11-10(15)9(14(18)19)12(17-11)8-5-4-6-16-13(8)20-3/h4-7,17H,1-3H3,(H,18,19). The van der Waals surface area contributed by atoms with Gasteiger partial charge in [0, 0.05) is 11.9 Å². The van der Waals surface area contributed by atoms with E-state index < -0.39 is 5.97 Å². The van der Waals surface area contributed by atoms with Crippen molar-refractivity contribution in [1.29, 1.82) is 0 Å². The van der Waals surface area contributed by atoms with Crippen LogP contribution in [0, 0.1) is 0 Å². The summed E-state index contributed by atoms with van der Waals surface area (Å²) in [6.45, 7) is 3.99. The molecule has 2 aromatic rings. The van der Waals surface area contributed by atoms with Crippen molar-refractivity contribution in [2.75, 3.05) is 7.11 Å². The Hall–Kier alpha value is -1.82. The molecule has 0 unspecified atom stereocenters. The third-order valence-electron chi connectivity index (χ3n) is 2.99. The Morgan fingerprint density at radius 2 is 2.20 bits per heavy atom. The lowest BCUT2D eigenvalue weighted by Gasteiger charge is -2.06. The van der Waals surface area contributed by atoms with Gasteiger partial charge in [-0.3, -0.25) is 0 Å². The largest absolute Gasteiger partial charge is 0.481 e. The first-order valence-electron chi connectivity index (χ1n) is 6.11. The quantitative estimate of drug-likeness (QED) is 0.891. The van der Waals surface area contributed by atoms with Crippen LogP contribution in [0.5, 0.6) is 5.88 Å². The van der Waals surface area contributed by atoms with E-state index in [1.165, 1.54) is 7.11 Å². The fraction of sp³-hybridized carbons (Fsp3) is 0.286. The number of pyridine rings is 1. The van der Waals surface area contributed by atoms with Crippen molar-refractivity contribution in [3.63, 3.8) is 0 Å². The van der Waals surface area contributed by atoms with Gasteiger partial charge in [-0.15, -0.1) is 0 Å². The van der Waals surface area contributed by atoms with Gasteiger partial charge in [0.1, 0.15) is 0 Å². The molecule has 106 valence electrons. The van der Waals surface area contributed by atoms with Crippen LogP contribution in [0.2, 0.25) is 0 Å². The molecule has 2 rings (SSSR count). The molecule has 0 radical (unpaired) electrons. The minimum atomic E-state index is -0.999. The summed E-state index contributed by atoms with van der Waals surface area (Å²) in [7, 11) is 1.51. The number of aromatic carboxylic acids is 1. The van der Waals surface area contributed by atoms with Gasteiger partial charge in [0.15, 0.2) is 0 Å². The predicted octanol–water partition coefficient (Wildman–Crippen LogP) is 3.67. The van der Waals surface area contributed by atoms with Gasteiger partial charge in [-0.25, -0.2) is 9.78 Å². The number of nitrogens with one attached hydrogen (secondary N) is 1. The van der Waals surface area contributed by atoms with Crippen molar-refractivity contribution in [1.82, 2.24) is 9.97 Å². The Labute approximate surface area is 125 Å². The molecule has 0 saturated heterocycles. The fourth-order valence-corrected chi connectivity index (χ4v) is 2.97. The molecule has 2 aromatic heterocycles. The van der Waals surface area contributed by atoms with Crippen molar-refractivity contribution in [2.45, 2.75) is 19.8 Å². The van der Waals surface area contributed by atoms with Crippen molar-refractivity contribution >= 4 is 21.9 Å². The summed E-state index contributed by atoms with van der Waals surface area (Å²) in [6.07, 6.45) is 1.60. The van der Waals surface area contributed by atoms with E-state index in [9.17, 15) is 9.90 Å². The first kappa shape index (κ1) is 14.6. The van der Waals surface area contributed by atoms with Crippen LogP contribution in [-0.4, -0.2) is 28.2 Å². The molecule has 5 nitrogen and oxygen atoms in total. The third kappa shape index (κ3) is 2.43. The number of hydrogen-bond acceptors (Lipinski definition) is 3. The van der Waals surface area contributed by atoms with Crippen LogP contribution in [0.1, 0.15) is 35.8 Å². The Morgan fingerprint density at radius 3 is 2.75 bits per heavy atom. The lowest BCUT2D eigenvalue weighted by atomic mass is 10.1. The van der Waals surface area contributed by atoms with Crippen molar-refractivity contribution < 1.29 is 14.6 Å². The molecule has 0 aliphatic heterocycles. The summed E-state index contributed by atoms with van der Waals surface area (Å²) in [4.78, 5) is 18.8. The number of hydrogen-bond donors (Lipinski definition) is 2. The van der Waals surface area contributed by atoms with Gasteiger partial charge < -0.3 is 14.8 Å². The molecule has 0 aromatic carbocycles. The summed E-state index contributed by atoms with van der Waals surface area (Å²) in [5.41, 5.74) is 2.15. The second kappa shape index (κ2) is 5.66. The number of H-pyrrole nitrogens is 1. The van der Waals surface area contributed by atoms with Gasteiger partial charge in [0.2, 0.25) is 5.88 Å². The van der Waals surface area contributed by atoms with E-state index in [0.29, 0.717) is 21.6 Å². The summed E-state index contributed by atoms with van der Waals surface area (Å²) in [5.74, 6) is -0.445. The number of nitrogens with zero attached hydrogens (tertiary/aromatic N) is 1. The minimum absolute atomic E-state index is 0.166. The zero-order valence-electron chi connectivity index (χ0n) is 11.4. The normalized spacial score (nSPS) is 10.8. The first-order chi connectivity index (χ1) is 9.47. The Balaban J connectivity index is 2.73. The van der Waals surface area contributed by atoms with Gasteiger partial charge in [-0.1, -0.05) is 13.8 Å². The van der Waals surface area contributed by atoms with Crippen LogP contribution in [0.15, 0.2) is 22.8 Å². The molecular formula is C14H15BrN2O3. The zero-order chi connectivity index (χ0) is 14.9. The van der Waals surface area contributed by atoms with Gasteiger partial charge in [-0.2, -0.15) is 0 Å². The van der Waals surface area contributed by atoms with Crippen LogP contribution in [-0.2, 0) is 0 Å².